The minimum absolute atomic E-state index is 0.0191. The van der Waals surface area contributed by atoms with E-state index in [0.717, 1.165) is 19.3 Å². The number of nitrogens with two attached hydrogens (primary N) is 1. The summed E-state index contributed by atoms with van der Waals surface area (Å²) in [6, 6.07) is 0.138. The monoisotopic (exact) mass is 202 g/mol. The lowest BCUT2D eigenvalue weighted by Crippen LogP contribution is -2.38. The van der Waals surface area contributed by atoms with Gasteiger partial charge in [0.1, 0.15) is 0 Å². The first kappa shape index (κ1) is 13.4. The van der Waals surface area contributed by atoms with Crippen LogP contribution >= 0.6 is 0 Å². The molecule has 0 aliphatic rings. The molecule has 4 nitrogen and oxygen atoms in total. The SMILES string of the molecule is CCCCC(COC)NC(=O)CCN. The van der Waals surface area contributed by atoms with Crippen molar-refractivity contribution in [3.05, 3.63) is 0 Å². The van der Waals surface area contributed by atoms with E-state index in [1.807, 2.05) is 0 Å². The van der Waals surface area contributed by atoms with Crippen molar-refractivity contribution in [3.63, 3.8) is 0 Å². The average molecular weight is 202 g/mol. The Kier molecular flexibility index (Phi) is 8.57. The van der Waals surface area contributed by atoms with Crippen LogP contribution in [0.25, 0.3) is 0 Å². The molecule has 0 saturated carbocycles. The molecule has 3 N–H and O–H groups in total. The molecule has 1 unspecified atom stereocenters. The van der Waals surface area contributed by atoms with Crippen LogP contribution in [0.3, 0.4) is 0 Å². The molecule has 0 spiro atoms. The van der Waals surface area contributed by atoms with Crippen molar-refractivity contribution in [1.29, 1.82) is 0 Å². The summed E-state index contributed by atoms with van der Waals surface area (Å²) in [5.41, 5.74) is 5.29. The van der Waals surface area contributed by atoms with Crippen molar-refractivity contribution in [1.82, 2.24) is 5.32 Å². The van der Waals surface area contributed by atoms with Gasteiger partial charge in [0.2, 0.25) is 5.91 Å². The fourth-order valence-electron chi connectivity index (χ4n) is 1.28. The lowest BCUT2D eigenvalue weighted by Gasteiger charge is -2.17. The third-order valence-electron chi connectivity index (χ3n) is 2.01. The highest BCUT2D eigenvalue weighted by Crippen LogP contribution is 2.01. The molecule has 0 rings (SSSR count). The first-order chi connectivity index (χ1) is 6.74. The van der Waals surface area contributed by atoms with Gasteiger partial charge in [-0.05, 0) is 6.42 Å². The van der Waals surface area contributed by atoms with E-state index in [4.69, 9.17) is 10.5 Å². The van der Waals surface area contributed by atoms with Crippen LogP contribution in [0.1, 0.15) is 32.6 Å². The maximum absolute atomic E-state index is 11.2. The molecule has 1 amide bonds. The summed E-state index contributed by atoms with van der Waals surface area (Å²) in [5, 5.41) is 2.91. The fraction of sp³-hybridized carbons (Fsp3) is 0.900. The Morgan fingerprint density at radius 3 is 2.79 bits per heavy atom. The number of hydrogen-bond acceptors (Lipinski definition) is 3. The van der Waals surface area contributed by atoms with E-state index in [1.54, 1.807) is 7.11 Å². The molecular formula is C10H22N2O2. The topological polar surface area (TPSA) is 64.3 Å². The molecule has 0 aromatic rings. The Morgan fingerprint density at radius 1 is 1.57 bits per heavy atom. The molecule has 0 aliphatic carbocycles. The zero-order valence-electron chi connectivity index (χ0n) is 9.21. The second-order valence-corrected chi connectivity index (χ2v) is 3.40. The van der Waals surface area contributed by atoms with Gasteiger partial charge in [0, 0.05) is 20.1 Å². The van der Waals surface area contributed by atoms with Gasteiger partial charge in [-0.25, -0.2) is 0 Å². The fourth-order valence-corrected chi connectivity index (χ4v) is 1.28. The van der Waals surface area contributed by atoms with Crippen LogP contribution in [0, 0.1) is 0 Å². The normalized spacial score (nSPS) is 12.5. The van der Waals surface area contributed by atoms with Crippen molar-refractivity contribution in [2.75, 3.05) is 20.3 Å². The highest BCUT2D eigenvalue weighted by Gasteiger charge is 2.10. The zero-order valence-corrected chi connectivity index (χ0v) is 9.21. The number of ether oxygens (including phenoxy) is 1. The first-order valence-electron chi connectivity index (χ1n) is 5.23. The van der Waals surface area contributed by atoms with Gasteiger partial charge in [-0.15, -0.1) is 0 Å². The number of carbonyl (C=O) groups excluding carboxylic acids is 1. The molecule has 1 atom stereocenters. The zero-order chi connectivity index (χ0) is 10.8. The number of amides is 1. The predicted octanol–water partition coefficient (Wildman–Crippen LogP) is 0.657. The summed E-state index contributed by atoms with van der Waals surface area (Å²) >= 11 is 0. The molecule has 14 heavy (non-hydrogen) atoms. The molecule has 84 valence electrons. The molecule has 0 aromatic heterocycles. The molecule has 0 aromatic carbocycles. The van der Waals surface area contributed by atoms with Crippen LogP contribution in [0.2, 0.25) is 0 Å². The van der Waals surface area contributed by atoms with Crippen LogP contribution in [0.15, 0.2) is 0 Å². The lowest BCUT2D eigenvalue weighted by atomic mass is 10.1. The summed E-state index contributed by atoms with van der Waals surface area (Å²) < 4.78 is 5.03. The largest absolute Gasteiger partial charge is 0.383 e. The molecular weight excluding hydrogens is 180 g/mol. The summed E-state index contributed by atoms with van der Waals surface area (Å²) in [5.74, 6) is 0.0191. The molecule has 0 aliphatic heterocycles. The Bertz CT molecular complexity index is 151. The van der Waals surface area contributed by atoms with E-state index < -0.39 is 0 Å². The molecule has 4 heteroatoms. The van der Waals surface area contributed by atoms with Crippen molar-refractivity contribution in [2.24, 2.45) is 5.73 Å². The minimum Gasteiger partial charge on any atom is -0.383 e. The van der Waals surface area contributed by atoms with Crippen molar-refractivity contribution >= 4 is 5.91 Å². The highest BCUT2D eigenvalue weighted by atomic mass is 16.5. The van der Waals surface area contributed by atoms with E-state index in [9.17, 15) is 4.79 Å². The summed E-state index contributed by atoms with van der Waals surface area (Å²) in [6.07, 6.45) is 3.61. The molecule has 0 saturated heterocycles. The smallest absolute Gasteiger partial charge is 0.221 e. The minimum atomic E-state index is 0.0191. The number of hydrogen-bond donors (Lipinski definition) is 2. The quantitative estimate of drug-likeness (QED) is 0.607. The summed E-state index contributed by atoms with van der Waals surface area (Å²) in [7, 11) is 1.65. The molecule has 0 radical (unpaired) electrons. The molecule has 0 fully saturated rings. The average Bonchev–Trinajstić information content (AvgIpc) is 2.15. The van der Waals surface area contributed by atoms with E-state index in [2.05, 4.69) is 12.2 Å². The van der Waals surface area contributed by atoms with Gasteiger partial charge in [-0.3, -0.25) is 4.79 Å². The Morgan fingerprint density at radius 2 is 2.29 bits per heavy atom. The van der Waals surface area contributed by atoms with Crippen molar-refractivity contribution in [3.8, 4) is 0 Å². The van der Waals surface area contributed by atoms with E-state index >= 15 is 0 Å². The summed E-state index contributed by atoms with van der Waals surface area (Å²) in [4.78, 5) is 11.2. The second kappa shape index (κ2) is 8.97. The number of rotatable bonds is 8. The van der Waals surface area contributed by atoms with Crippen LogP contribution in [-0.4, -0.2) is 32.2 Å². The Balaban J connectivity index is 3.75. The van der Waals surface area contributed by atoms with Gasteiger partial charge in [0.05, 0.1) is 12.6 Å². The maximum atomic E-state index is 11.2. The van der Waals surface area contributed by atoms with Crippen LogP contribution in [0.4, 0.5) is 0 Å². The van der Waals surface area contributed by atoms with Gasteiger partial charge in [-0.2, -0.15) is 0 Å². The maximum Gasteiger partial charge on any atom is 0.221 e. The van der Waals surface area contributed by atoms with E-state index in [-0.39, 0.29) is 11.9 Å². The van der Waals surface area contributed by atoms with Gasteiger partial charge in [-0.1, -0.05) is 19.8 Å². The third-order valence-corrected chi connectivity index (χ3v) is 2.01. The highest BCUT2D eigenvalue weighted by molar-refractivity contribution is 5.76. The third kappa shape index (κ3) is 6.86. The van der Waals surface area contributed by atoms with E-state index in [1.165, 1.54) is 0 Å². The summed E-state index contributed by atoms with van der Waals surface area (Å²) in [6.45, 7) is 3.11. The van der Waals surface area contributed by atoms with Gasteiger partial charge >= 0.3 is 0 Å². The number of unbranched alkanes of at least 4 members (excludes halogenated alkanes) is 1. The van der Waals surface area contributed by atoms with Crippen LogP contribution in [-0.2, 0) is 9.53 Å². The van der Waals surface area contributed by atoms with Gasteiger partial charge in [0.15, 0.2) is 0 Å². The Labute approximate surface area is 86.2 Å². The number of methoxy groups -OCH3 is 1. The lowest BCUT2D eigenvalue weighted by molar-refractivity contribution is -0.122. The van der Waals surface area contributed by atoms with E-state index in [0.29, 0.717) is 19.6 Å². The van der Waals surface area contributed by atoms with Gasteiger partial charge in [0.25, 0.3) is 0 Å². The number of nitrogens with one attached hydrogen (secondary N) is 1. The molecule has 0 bridgehead atoms. The molecule has 0 heterocycles. The predicted molar refractivity (Wildman–Crippen MR) is 57.0 cm³/mol. The van der Waals surface area contributed by atoms with Gasteiger partial charge < -0.3 is 15.8 Å². The number of carbonyl (C=O) groups is 1. The Hall–Kier alpha value is -0.610. The van der Waals surface area contributed by atoms with Crippen molar-refractivity contribution < 1.29 is 9.53 Å². The van der Waals surface area contributed by atoms with Crippen LogP contribution < -0.4 is 11.1 Å². The first-order valence-corrected chi connectivity index (χ1v) is 5.23. The van der Waals surface area contributed by atoms with Crippen LogP contribution in [0.5, 0.6) is 0 Å². The standard InChI is InChI=1S/C10H22N2O2/c1-3-4-5-9(8-14-2)12-10(13)6-7-11/h9H,3-8,11H2,1-2H3,(H,12,13). The van der Waals surface area contributed by atoms with Crippen molar-refractivity contribution in [2.45, 2.75) is 38.6 Å². The second-order valence-electron chi connectivity index (χ2n) is 3.40.